The maximum Gasteiger partial charge on any atom is 0.203 e. The van der Waals surface area contributed by atoms with Crippen LogP contribution in [0.15, 0.2) is 12.1 Å². The molecule has 1 fully saturated rings. The first kappa shape index (κ1) is 14.0. The fraction of sp³-hybridized carbons (Fsp3) is 0.600. The van der Waals surface area contributed by atoms with Gasteiger partial charge in [-0.3, -0.25) is 0 Å². The number of rotatable bonds is 6. The van der Waals surface area contributed by atoms with Crippen molar-refractivity contribution in [3.8, 4) is 17.2 Å². The summed E-state index contributed by atoms with van der Waals surface area (Å²) in [5.41, 5.74) is 1.20. The Morgan fingerprint density at radius 2 is 1.63 bits per heavy atom. The molecule has 2 rings (SSSR count). The van der Waals surface area contributed by atoms with E-state index >= 15 is 0 Å². The van der Waals surface area contributed by atoms with Gasteiger partial charge >= 0.3 is 0 Å². The molecule has 1 atom stereocenters. The predicted octanol–water partition coefficient (Wildman–Crippen LogP) is 2.77. The molecule has 0 heterocycles. The van der Waals surface area contributed by atoms with E-state index in [2.05, 4.69) is 5.32 Å². The van der Waals surface area contributed by atoms with Gasteiger partial charge in [-0.25, -0.2) is 0 Å². The van der Waals surface area contributed by atoms with E-state index in [-0.39, 0.29) is 0 Å². The van der Waals surface area contributed by atoms with Gasteiger partial charge < -0.3 is 19.5 Å². The molecule has 4 nitrogen and oxygen atoms in total. The summed E-state index contributed by atoms with van der Waals surface area (Å²) in [6.07, 6.45) is 3.89. The molecule has 1 aliphatic rings. The highest BCUT2D eigenvalue weighted by Crippen LogP contribution is 2.43. The van der Waals surface area contributed by atoms with E-state index in [0.717, 1.165) is 11.5 Å². The third kappa shape index (κ3) is 2.63. The normalized spacial score (nSPS) is 16.6. The molecule has 0 aliphatic heterocycles. The minimum Gasteiger partial charge on any atom is -0.493 e. The lowest BCUT2D eigenvalue weighted by molar-refractivity contribution is 0.238. The van der Waals surface area contributed by atoms with Gasteiger partial charge in [0.1, 0.15) is 0 Å². The molecule has 1 saturated carbocycles. The molecule has 0 amide bonds. The van der Waals surface area contributed by atoms with Crippen LogP contribution in [0.25, 0.3) is 0 Å². The molecule has 0 aromatic heterocycles. The van der Waals surface area contributed by atoms with Gasteiger partial charge in [-0.2, -0.15) is 0 Å². The smallest absolute Gasteiger partial charge is 0.203 e. The van der Waals surface area contributed by atoms with Gasteiger partial charge in [0.25, 0.3) is 0 Å². The first-order valence-corrected chi connectivity index (χ1v) is 6.72. The van der Waals surface area contributed by atoms with Crippen LogP contribution in [0.2, 0.25) is 0 Å². The van der Waals surface area contributed by atoms with Gasteiger partial charge in [0.15, 0.2) is 11.5 Å². The molecule has 0 bridgehead atoms. The third-order valence-corrected chi connectivity index (χ3v) is 3.98. The van der Waals surface area contributed by atoms with Crippen molar-refractivity contribution in [3.63, 3.8) is 0 Å². The zero-order valence-electron chi connectivity index (χ0n) is 12.2. The van der Waals surface area contributed by atoms with Crippen LogP contribution >= 0.6 is 0 Å². The van der Waals surface area contributed by atoms with E-state index in [4.69, 9.17) is 14.2 Å². The van der Waals surface area contributed by atoms with Crippen molar-refractivity contribution in [3.05, 3.63) is 17.7 Å². The Kier molecular flexibility index (Phi) is 4.53. The zero-order valence-corrected chi connectivity index (χ0v) is 12.2. The largest absolute Gasteiger partial charge is 0.493 e. The Hall–Kier alpha value is -1.42. The van der Waals surface area contributed by atoms with E-state index in [9.17, 15) is 0 Å². The molecule has 1 unspecified atom stereocenters. The third-order valence-electron chi connectivity index (χ3n) is 3.98. The lowest BCUT2D eigenvalue weighted by Gasteiger charge is -2.34. The second kappa shape index (κ2) is 6.15. The number of hydrogen-bond donors (Lipinski definition) is 1. The maximum absolute atomic E-state index is 5.41. The molecule has 1 aromatic carbocycles. The molecule has 1 N–H and O–H groups in total. The summed E-state index contributed by atoms with van der Waals surface area (Å²) in [6.45, 7) is 0. The van der Waals surface area contributed by atoms with Crippen molar-refractivity contribution in [2.75, 3.05) is 28.4 Å². The molecule has 1 aromatic rings. The fourth-order valence-corrected chi connectivity index (χ4v) is 2.73. The number of hydrogen-bond acceptors (Lipinski definition) is 4. The van der Waals surface area contributed by atoms with Crippen molar-refractivity contribution in [1.82, 2.24) is 5.32 Å². The van der Waals surface area contributed by atoms with Crippen LogP contribution in [-0.2, 0) is 0 Å². The van der Waals surface area contributed by atoms with E-state index in [1.54, 1.807) is 21.3 Å². The van der Waals surface area contributed by atoms with Gasteiger partial charge in [0.2, 0.25) is 5.75 Å². The fourth-order valence-electron chi connectivity index (χ4n) is 2.73. The summed E-state index contributed by atoms with van der Waals surface area (Å²) in [5.74, 6) is 2.79. The summed E-state index contributed by atoms with van der Waals surface area (Å²) < 4.78 is 16.2. The lowest BCUT2D eigenvalue weighted by atomic mass is 9.77. The molecule has 0 radical (unpaired) electrons. The highest BCUT2D eigenvalue weighted by atomic mass is 16.5. The van der Waals surface area contributed by atoms with Crippen LogP contribution in [0.4, 0.5) is 0 Å². The first-order chi connectivity index (χ1) is 9.24. The molecule has 0 saturated heterocycles. The zero-order chi connectivity index (χ0) is 13.8. The topological polar surface area (TPSA) is 39.7 Å². The second-order valence-corrected chi connectivity index (χ2v) is 4.92. The summed E-state index contributed by atoms with van der Waals surface area (Å²) >= 11 is 0. The Morgan fingerprint density at radius 3 is 1.95 bits per heavy atom. The number of nitrogens with one attached hydrogen (secondary N) is 1. The van der Waals surface area contributed by atoms with Gasteiger partial charge in [-0.1, -0.05) is 6.42 Å². The van der Waals surface area contributed by atoms with E-state index in [0.29, 0.717) is 17.7 Å². The molecule has 106 valence electrons. The minimum absolute atomic E-state index is 0.349. The van der Waals surface area contributed by atoms with Crippen LogP contribution in [0.5, 0.6) is 17.2 Å². The Labute approximate surface area is 115 Å². The lowest BCUT2D eigenvalue weighted by Crippen LogP contribution is -2.29. The van der Waals surface area contributed by atoms with Gasteiger partial charge in [0.05, 0.1) is 21.3 Å². The van der Waals surface area contributed by atoms with E-state index in [1.807, 2.05) is 19.2 Å². The van der Waals surface area contributed by atoms with Crippen molar-refractivity contribution in [2.24, 2.45) is 5.92 Å². The summed E-state index contributed by atoms with van der Waals surface area (Å²) in [5, 5.41) is 3.41. The number of ether oxygens (including phenoxy) is 3. The van der Waals surface area contributed by atoms with Crippen LogP contribution in [-0.4, -0.2) is 28.4 Å². The molecule has 0 spiro atoms. The second-order valence-electron chi connectivity index (χ2n) is 4.92. The van der Waals surface area contributed by atoms with Gasteiger partial charge in [-0.05, 0) is 43.5 Å². The summed E-state index contributed by atoms with van der Waals surface area (Å²) in [7, 11) is 6.94. The Bertz CT molecular complexity index is 404. The average Bonchev–Trinajstić information content (AvgIpc) is 2.40. The Balaban J connectivity index is 2.39. The standard InChI is InChI=1S/C15H23NO3/c1-16-14(10-6-5-7-10)11-8-12(17-2)15(19-4)13(9-11)18-3/h8-10,14,16H,5-7H2,1-4H3. The van der Waals surface area contributed by atoms with Crippen molar-refractivity contribution in [1.29, 1.82) is 0 Å². The SMILES string of the molecule is CNC(c1cc(OC)c(OC)c(OC)c1)C1CCC1. The number of methoxy groups -OCH3 is 3. The molecule has 19 heavy (non-hydrogen) atoms. The quantitative estimate of drug-likeness (QED) is 0.858. The number of benzene rings is 1. The summed E-state index contributed by atoms with van der Waals surface area (Å²) in [6, 6.07) is 4.43. The predicted molar refractivity (Wildman–Crippen MR) is 75.2 cm³/mol. The van der Waals surface area contributed by atoms with Crippen LogP contribution in [0, 0.1) is 5.92 Å². The molecule has 4 heteroatoms. The van der Waals surface area contributed by atoms with Gasteiger partial charge in [0, 0.05) is 6.04 Å². The molecular formula is C15H23NO3. The average molecular weight is 265 g/mol. The van der Waals surface area contributed by atoms with Gasteiger partial charge in [-0.15, -0.1) is 0 Å². The molecule has 1 aliphatic carbocycles. The molecular weight excluding hydrogens is 242 g/mol. The summed E-state index contributed by atoms with van der Waals surface area (Å²) in [4.78, 5) is 0. The maximum atomic E-state index is 5.41. The highest BCUT2D eigenvalue weighted by Gasteiger charge is 2.29. The van der Waals surface area contributed by atoms with Crippen molar-refractivity contribution >= 4 is 0 Å². The van der Waals surface area contributed by atoms with Crippen LogP contribution in [0.1, 0.15) is 30.9 Å². The van der Waals surface area contributed by atoms with Crippen molar-refractivity contribution in [2.45, 2.75) is 25.3 Å². The van der Waals surface area contributed by atoms with E-state index < -0.39 is 0 Å². The van der Waals surface area contributed by atoms with Crippen LogP contribution in [0.3, 0.4) is 0 Å². The van der Waals surface area contributed by atoms with Crippen molar-refractivity contribution < 1.29 is 14.2 Å². The Morgan fingerprint density at radius 1 is 1.05 bits per heavy atom. The monoisotopic (exact) mass is 265 g/mol. The minimum atomic E-state index is 0.349. The van der Waals surface area contributed by atoms with E-state index in [1.165, 1.54) is 24.8 Å². The van der Waals surface area contributed by atoms with Crippen LogP contribution < -0.4 is 19.5 Å². The first-order valence-electron chi connectivity index (χ1n) is 6.72. The highest BCUT2D eigenvalue weighted by molar-refractivity contribution is 5.54.